The number of likely N-dealkylation sites (tertiary alicyclic amines) is 1. The van der Waals surface area contributed by atoms with Crippen LogP contribution in [0.3, 0.4) is 0 Å². The van der Waals surface area contributed by atoms with Gasteiger partial charge in [0.15, 0.2) is 0 Å². The van der Waals surface area contributed by atoms with E-state index in [9.17, 15) is 9.59 Å². The van der Waals surface area contributed by atoms with E-state index in [-0.39, 0.29) is 17.9 Å². The van der Waals surface area contributed by atoms with Gasteiger partial charge in [-0.2, -0.15) is 5.10 Å². The van der Waals surface area contributed by atoms with Crippen LogP contribution in [-0.4, -0.2) is 45.6 Å². The van der Waals surface area contributed by atoms with Gasteiger partial charge in [0, 0.05) is 31.7 Å². The van der Waals surface area contributed by atoms with Crippen molar-refractivity contribution < 1.29 is 9.59 Å². The van der Waals surface area contributed by atoms with Crippen molar-refractivity contribution in [2.45, 2.75) is 32.7 Å². The molecule has 1 saturated heterocycles. The number of piperidine rings is 1. The van der Waals surface area contributed by atoms with Crippen LogP contribution in [0.25, 0.3) is 0 Å². The number of hydrogen-bond acceptors (Lipinski definition) is 3. The summed E-state index contributed by atoms with van der Waals surface area (Å²) in [5, 5.41) is 7.65. The second-order valence-corrected chi connectivity index (χ2v) is 7.09. The fourth-order valence-electron chi connectivity index (χ4n) is 3.35. The largest absolute Gasteiger partial charge is 0.349 e. The van der Waals surface area contributed by atoms with E-state index in [1.165, 1.54) is 4.68 Å². The first-order chi connectivity index (χ1) is 12.4. The molecule has 0 atom stereocenters. The molecule has 6 nitrogen and oxygen atoms in total. The lowest BCUT2D eigenvalue weighted by Crippen LogP contribution is -2.46. The summed E-state index contributed by atoms with van der Waals surface area (Å²) in [6.07, 6.45) is 1.45. The SMILES string of the molecule is Cc1ccccc1C(=O)NC1CCN(C(=O)c2c(C)nn(C)c2Cl)CC1. The predicted molar refractivity (Wildman–Crippen MR) is 101 cm³/mol. The van der Waals surface area contributed by atoms with Crippen LogP contribution in [0.1, 0.15) is 44.8 Å². The van der Waals surface area contributed by atoms with Gasteiger partial charge in [0.1, 0.15) is 5.15 Å². The molecule has 138 valence electrons. The van der Waals surface area contributed by atoms with Gasteiger partial charge >= 0.3 is 0 Å². The first-order valence-electron chi connectivity index (χ1n) is 8.73. The molecule has 0 bridgehead atoms. The van der Waals surface area contributed by atoms with Crippen molar-refractivity contribution >= 4 is 23.4 Å². The zero-order chi connectivity index (χ0) is 18.8. The molecule has 0 saturated carbocycles. The van der Waals surface area contributed by atoms with Crippen LogP contribution in [-0.2, 0) is 7.05 Å². The standard InChI is InChI=1S/C19H23ClN4O2/c1-12-6-4-5-7-15(12)18(25)21-14-8-10-24(11-9-14)19(26)16-13(2)22-23(3)17(16)20/h4-7,14H,8-11H2,1-3H3,(H,21,25). The molecule has 2 amide bonds. The molecule has 1 aliphatic rings. The van der Waals surface area contributed by atoms with Crippen LogP contribution in [0.2, 0.25) is 5.15 Å². The summed E-state index contributed by atoms with van der Waals surface area (Å²) >= 11 is 6.20. The summed E-state index contributed by atoms with van der Waals surface area (Å²) in [5.74, 6) is -0.150. The molecule has 0 spiro atoms. The van der Waals surface area contributed by atoms with Crippen molar-refractivity contribution in [3.8, 4) is 0 Å². The Bertz CT molecular complexity index is 838. The Morgan fingerprint density at radius 3 is 2.42 bits per heavy atom. The minimum absolute atomic E-state index is 0.0565. The normalized spacial score (nSPS) is 15.2. The fraction of sp³-hybridized carbons (Fsp3) is 0.421. The van der Waals surface area contributed by atoms with Gasteiger partial charge < -0.3 is 10.2 Å². The number of rotatable bonds is 3. The molecular weight excluding hydrogens is 352 g/mol. The minimum Gasteiger partial charge on any atom is -0.349 e. The highest BCUT2D eigenvalue weighted by Crippen LogP contribution is 2.22. The van der Waals surface area contributed by atoms with Crippen LogP contribution in [0.4, 0.5) is 0 Å². The molecule has 3 rings (SSSR count). The molecule has 1 fully saturated rings. The van der Waals surface area contributed by atoms with Gasteiger partial charge in [0.05, 0.1) is 11.3 Å². The first-order valence-corrected chi connectivity index (χ1v) is 9.11. The van der Waals surface area contributed by atoms with E-state index in [2.05, 4.69) is 10.4 Å². The highest BCUT2D eigenvalue weighted by atomic mass is 35.5. The average Bonchev–Trinajstić information content (AvgIpc) is 2.87. The van der Waals surface area contributed by atoms with Gasteiger partial charge in [-0.1, -0.05) is 29.8 Å². The number of halogens is 1. The van der Waals surface area contributed by atoms with E-state index in [1.54, 1.807) is 18.9 Å². The van der Waals surface area contributed by atoms with E-state index in [4.69, 9.17) is 11.6 Å². The number of amides is 2. The summed E-state index contributed by atoms with van der Waals surface area (Å²) in [6.45, 7) is 4.88. The third kappa shape index (κ3) is 3.60. The van der Waals surface area contributed by atoms with Crippen LogP contribution in [0.5, 0.6) is 0 Å². The minimum atomic E-state index is -0.0933. The van der Waals surface area contributed by atoms with Crippen molar-refractivity contribution in [3.05, 3.63) is 51.8 Å². The van der Waals surface area contributed by atoms with Crippen molar-refractivity contribution in [2.75, 3.05) is 13.1 Å². The van der Waals surface area contributed by atoms with Crippen LogP contribution in [0, 0.1) is 13.8 Å². The van der Waals surface area contributed by atoms with Gasteiger partial charge in [0.2, 0.25) is 0 Å². The van der Waals surface area contributed by atoms with Gasteiger partial charge in [-0.3, -0.25) is 14.3 Å². The van der Waals surface area contributed by atoms with Gasteiger partial charge in [-0.15, -0.1) is 0 Å². The summed E-state index contributed by atoms with van der Waals surface area (Å²) < 4.78 is 1.51. The highest BCUT2D eigenvalue weighted by Gasteiger charge is 2.28. The van der Waals surface area contributed by atoms with Crippen LogP contribution < -0.4 is 5.32 Å². The van der Waals surface area contributed by atoms with Crippen LogP contribution >= 0.6 is 11.6 Å². The predicted octanol–water partition coefficient (Wildman–Crippen LogP) is 2.72. The van der Waals surface area contributed by atoms with E-state index in [1.807, 2.05) is 31.2 Å². The van der Waals surface area contributed by atoms with Crippen molar-refractivity contribution in [1.82, 2.24) is 20.0 Å². The molecule has 1 aromatic heterocycles. The molecule has 1 N–H and O–H groups in total. The third-order valence-corrected chi connectivity index (χ3v) is 5.31. The fourth-order valence-corrected chi connectivity index (χ4v) is 3.60. The Morgan fingerprint density at radius 1 is 1.19 bits per heavy atom. The van der Waals surface area contributed by atoms with E-state index in [0.29, 0.717) is 35.1 Å². The van der Waals surface area contributed by atoms with Gasteiger partial charge in [-0.05, 0) is 38.3 Å². The molecule has 0 aliphatic carbocycles. The molecule has 1 aromatic carbocycles. The monoisotopic (exact) mass is 374 g/mol. The number of benzene rings is 1. The maximum Gasteiger partial charge on any atom is 0.258 e. The number of aryl methyl sites for hydroxylation is 3. The third-order valence-electron chi connectivity index (χ3n) is 4.87. The summed E-state index contributed by atoms with van der Waals surface area (Å²) in [5.41, 5.74) is 2.76. The second-order valence-electron chi connectivity index (χ2n) is 6.73. The van der Waals surface area contributed by atoms with Gasteiger partial charge in [-0.25, -0.2) is 0 Å². The van der Waals surface area contributed by atoms with Gasteiger partial charge in [0.25, 0.3) is 11.8 Å². The zero-order valence-electron chi connectivity index (χ0n) is 15.3. The molecule has 1 aliphatic heterocycles. The number of carbonyl (C=O) groups excluding carboxylic acids is 2. The van der Waals surface area contributed by atoms with Crippen molar-refractivity contribution in [1.29, 1.82) is 0 Å². The van der Waals surface area contributed by atoms with E-state index >= 15 is 0 Å². The summed E-state index contributed by atoms with van der Waals surface area (Å²) in [7, 11) is 1.72. The van der Waals surface area contributed by atoms with E-state index in [0.717, 1.165) is 18.4 Å². The lowest BCUT2D eigenvalue weighted by atomic mass is 10.0. The Kier molecular flexibility index (Phi) is 5.32. The Labute approximate surface area is 158 Å². The smallest absolute Gasteiger partial charge is 0.258 e. The summed E-state index contributed by atoms with van der Waals surface area (Å²) in [6, 6.07) is 7.61. The van der Waals surface area contributed by atoms with Crippen LogP contribution in [0.15, 0.2) is 24.3 Å². The number of aromatic nitrogens is 2. The number of carbonyl (C=O) groups is 2. The average molecular weight is 375 g/mol. The molecule has 26 heavy (non-hydrogen) atoms. The van der Waals surface area contributed by atoms with Crippen molar-refractivity contribution in [2.24, 2.45) is 7.05 Å². The quantitative estimate of drug-likeness (QED) is 0.898. The number of hydrogen-bond donors (Lipinski definition) is 1. The molecule has 2 heterocycles. The highest BCUT2D eigenvalue weighted by molar-refractivity contribution is 6.33. The summed E-state index contributed by atoms with van der Waals surface area (Å²) in [4.78, 5) is 27.0. The molecular formula is C19H23ClN4O2. The molecule has 7 heteroatoms. The lowest BCUT2D eigenvalue weighted by molar-refractivity contribution is 0.0697. The zero-order valence-corrected chi connectivity index (χ0v) is 16.0. The molecule has 0 unspecified atom stereocenters. The molecule has 2 aromatic rings. The Morgan fingerprint density at radius 2 is 1.85 bits per heavy atom. The topological polar surface area (TPSA) is 67.2 Å². The Hall–Kier alpha value is -2.34. The molecule has 0 radical (unpaired) electrons. The van der Waals surface area contributed by atoms with E-state index < -0.39 is 0 Å². The first kappa shape index (κ1) is 18.5. The number of nitrogens with one attached hydrogen (secondary N) is 1. The Balaban J connectivity index is 1.60. The maximum atomic E-state index is 12.8. The second kappa shape index (κ2) is 7.50. The van der Waals surface area contributed by atoms with Crippen molar-refractivity contribution in [3.63, 3.8) is 0 Å². The maximum absolute atomic E-state index is 12.8. The number of nitrogens with zero attached hydrogens (tertiary/aromatic N) is 3. The lowest BCUT2D eigenvalue weighted by Gasteiger charge is -2.32.